The van der Waals surface area contributed by atoms with Gasteiger partial charge in [0.15, 0.2) is 0 Å². The van der Waals surface area contributed by atoms with Crippen LogP contribution in [0.15, 0.2) is 29.1 Å². The van der Waals surface area contributed by atoms with Gasteiger partial charge in [0.1, 0.15) is 0 Å². The summed E-state index contributed by atoms with van der Waals surface area (Å²) < 4.78 is 1.68. The molecular weight excluding hydrogens is 174 g/mol. The van der Waals surface area contributed by atoms with Crippen molar-refractivity contribution in [1.82, 2.24) is 4.57 Å². The van der Waals surface area contributed by atoms with E-state index in [0.717, 1.165) is 16.5 Å². The molecule has 2 nitrogen and oxygen atoms in total. The molecule has 0 atom stereocenters. The number of pyridine rings is 1. The van der Waals surface area contributed by atoms with Crippen LogP contribution < -0.4 is 5.56 Å². The molecule has 2 rings (SSSR count). The average molecular weight is 187 g/mol. The highest BCUT2D eigenvalue weighted by Gasteiger charge is 2.02. The minimum Gasteiger partial charge on any atom is -0.311 e. The zero-order chi connectivity index (χ0) is 10.3. The summed E-state index contributed by atoms with van der Waals surface area (Å²) in [7, 11) is 1.80. The number of benzene rings is 1. The first kappa shape index (κ1) is 9.00. The molecule has 0 unspecified atom stereocenters. The number of nitrogens with zero attached hydrogens (tertiary/aromatic N) is 1. The Bertz CT molecular complexity index is 552. The lowest BCUT2D eigenvalue weighted by Gasteiger charge is -2.07. The van der Waals surface area contributed by atoms with Crippen LogP contribution >= 0.6 is 0 Å². The fraction of sp³-hybridized carbons (Fsp3) is 0.250. The monoisotopic (exact) mass is 187 g/mol. The number of hydrogen-bond donors (Lipinski definition) is 0. The Labute approximate surface area is 82.8 Å². The van der Waals surface area contributed by atoms with Gasteiger partial charge in [-0.25, -0.2) is 0 Å². The molecule has 1 aromatic heterocycles. The number of hydrogen-bond acceptors (Lipinski definition) is 1. The molecule has 72 valence electrons. The molecular formula is C12H13NO. The van der Waals surface area contributed by atoms with Crippen molar-refractivity contribution >= 4 is 10.9 Å². The van der Waals surface area contributed by atoms with Crippen LogP contribution in [0.2, 0.25) is 0 Å². The second kappa shape index (κ2) is 2.98. The van der Waals surface area contributed by atoms with Gasteiger partial charge in [-0.05, 0) is 31.5 Å². The van der Waals surface area contributed by atoms with Gasteiger partial charge in [0, 0.05) is 18.5 Å². The van der Waals surface area contributed by atoms with E-state index < -0.39 is 0 Å². The Morgan fingerprint density at radius 3 is 2.57 bits per heavy atom. The number of rotatable bonds is 0. The summed E-state index contributed by atoms with van der Waals surface area (Å²) in [4.78, 5) is 11.5. The highest BCUT2D eigenvalue weighted by molar-refractivity contribution is 5.82. The highest BCUT2D eigenvalue weighted by atomic mass is 16.1. The first-order chi connectivity index (χ1) is 6.59. The van der Waals surface area contributed by atoms with E-state index in [1.165, 1.54) is 5.56 Å². The minimum atomic E-state index is 0.0545. The van der Waals surface area contributed by atoms with Gasteiger partial charge in [0.25, 0.3) is 5.56 Å². The molecule has 2 aromatic rings. The zero-order valence-corrected chi connectivity index (χ0v) is 8.66. The first-order valence-corrected chi connectivity index (χ1v) is 4.66. The Kier molecular flexibility index (Phi) is 1.92. The fourth-order valence-corrected chi connectivity index (χ4v) is 1.74. The van der Waals surface area contributed by atoms with Crippen LogP contribution in [0.5, 0.6) is 0 Å². The van der Waals surface area contributed by atoms with Gasteiger partial charge < -0.3 is 4.57 Å². The molecule has 0 saturated carbocycles. The van der Waals surface area contributed by atoms with Crippen molar-refractivity contribution in [3.05, 3.63) is 45.7 Å². The van der Waals surface area contributed by atoms with E-state index in [9.17, 15) is 4.79 Å². The fourth-order valence-electron chi connectivity index (χ4n) is 1.74. The van der Waals surface area contributed by atoms with Crippen molar-refractivity contribution in [2.75, 3.05) is 0 Å². The number of aryl methyl sites for hydroxylation is 3. The molecule has 0 radical (unpaired) electrons. The molecule has 0 spiro atoms. The SMILES string of the molecule is Cc1ccc2c(c1)c(C)cc(=O)n2C. The number of fused-ring (bicyclic) bond motifs is 1. The maximum Gasteiger partial charge on any atom is 0.251 e. The summed E-state index contributed by atoms with van der Waals surface area (Å²) in [6.45, 7) is 4.03. The molecule has 0 aliphatic carbocycles. The summed E-state index contributed by atoms with van der Waals surface area (Å²) in [6.07, 6.45) is 0. The van der Waals surface area contributed by atoms with E-state index in [1.54, 1.807) is 17.7 Å². The smallest absolute Gasteiger partial charge is 0.251 e. The maximum absolute atomic E-state index is 11.5. The van der Waals surface area contributed by atoms with Crippen LogP contribution in [0.25, 0.3) is 10.9 Å². The van der Waals surface area contributed by atoms with Crippen molar-refractivity contribution in [3.8, 4) is 0 Å². The van der Waals surface area contributed by atoms with Gasteiger partial charge in [0.05, 0.1) is 5.52 Å². The third-order valence-corrected chi connectivity index (χ3v) is 2.61. The average Bonchev–Trinajstić information content (AvgIpc) is 2.14. The summed E-state index contributed by atoms with van der Waals surface area (Å²) in [5.41, 5.74) is 3.32. The number of aromatic nitrogens is 1. The lowest BCUT2D eigenvalue weighted by Crippen LogP contribution is -2.16. The lowest BCUT2D eigenvalue weighted by atomic mass is 10.1. The second-order valence-electron chi connectivity index (χ2n) is 3.75. The van der Waals surface area contributed by atoms with E-state index in [-0.39, 0.29) is 5.56 Å². The molecule has 0 aliphatic heterocycles. The van der Waals surface area contributed by atoms with E-state index in [1.807, 2.05) is 19.1 Å². The van der Waals surface area contributed by atoms with Crippen LogP contribution in [0.3, 0.4) is 0 Å². The van der Waals surface area contributed by atoms with Crippen LogP contribution in [-0.2, 0) is 7.05 Å². The van der Waals surface area contributed by atoms with Crippen LogP contribution in [0.1, 0.15) is 11.1 Å². The second-order valence-corrected chi connectivity index (χ2v) is 3.75. The summed E-state index contributed by atoms with van der Waals surface area (Å²) in [5.74, 6) is 0. The molecule has 0 saturated heterocycles. The van der Waals surface area contributed by atoms with Crippen LogP contribution in [0.4, 0.5) is 0 Å². The molecule has 2 heteroatoms. The summed E-state index contributed by atoms with van der Waals surface area (Å²) >= 11 is 0. The molecule has 1 aromatic carbocycles. The molecule has 0 amide bonds. The van der Waals surface area contributed by atoms with Crippen molar-refractivity contribution < 1.29 is 0 Å². The lowest BCUT2D eigenvalue weighted by molar-refractivity contribution is 0.902. The predicted molar refractivity (Wildman–Crippen MR) is 58.7 cm³/mol. The third kappa shape index (κ3) is 1.23. The van der Waals surface area contributed by atoms with E-state index >= 15 is 0 Å². The Hall–Kier alpha value is -1.57. The van der Waals surface area contributed by atoms with E-state index in [4.69, 9.17) is 0 Å². The van der Waals surface area contributed by atoms with Crippen molar-refractivity contribution in [2.24, 2.45) is 7.05 Å². The largest absolute Gasteiger partial charge is 0.311 e. The third-order valence-electron chi connectivity index (χ3n) is 2.61. The minimum absolute atomic E-state index is 0.0545. The van der Waals surface area contributed by atoms with Crippen molar-refractivity contribution in [3.63, 3.8) is 0 Å². The Morgan fingerprint density at radius 2 is 1.86 bits per heavy atom. The zero-order valence-electron chi connectivity index (χ0n) is 8.66. The van der Waals surface area contributed by atoms with Gasteiger partial charge >= 0.3 is 0 Å². The van der Waals surface area contributed by atoms with Gasteiger partial charge in [0.2, 0.25) is 0 Å². The van der Waals surface area contributed by atoms with E-state index in [2.05, 4.69) is 13.0 Å². The van der Waals surface area contributed by atoms with Gasteiger partial charge in [-0.15, -0.1) is 0 Å². The molecule has 1 heterocycles. The molecule has 0 N–H and O–H groups in total. The standard InChI is InChI=1S/C12H13NO/c1-8-4-5-11-10(6-8)9(2)7-12(14)13(11)3/h4-7H,1-3H3. The Morgan fingerprint density at radius 1 is 1.14 bits per heavy atom. The van der Waals surface area contributed by atoms with Gasteiger partial charge in [-0.2, -0.15) is 0 Å². The summed E-state index contributed by atoms with van der Waals surface area (Å²) in [6, 6.07) is 7.83. The molecule has 14 heavy (non-hydrogen) atoms. The van der Waals surface area contributed by atoms with E-state index in [0.29, 0.717) is 0 Å². The quantitative estimate of drug-likeness (QED) is 0.619. The highest BCUT2D eigenvalue weighted by Crippen LogP contribution is 2.16. The van der Waals surface area contributed by atoms with Crippen LogP contribution in [-0.4, -0.2) is 4.57 Å². The van der Waals surface area contributed by atoms with Crippen molar-refractivity contribution in [1.29, 1.82) is 0 Å². The Balaban J connectivity index is 3.02. The molecule has 0 aliphatic rings. The van der Waals surface area contributed by atoms with Crippen LogP contribution in [0, 0.1) is 13.8 Å². The van der Waals surface area contributed by atoms with Crippen molar-refractivity contribution in [2.45, 2.75) is 13.8 Å². The normalized spacial score (nSPS) is 10.8. The first-order valence-electron chi connectivity index (χ1n) is 4.66. The molecule has 0 bridgehead atoms. The van der Waals surface area contributed by atoms with Gasteiger partial charge in [-0.3, -0.25) is 4.79 Å². The topological polar surface area (TPSA) is 22.0 Å². The molecule has 0 fully saturated rings. The summed E-state index contributed by atoms with van der Waals surface area (Å²) in [5, 5.41) is 1.16. The van der Waals surface area contributed by atoms with Gasteiger partial charge in [-0.1, -0.05) is 11.6 Å². The predicted octanol–water partition coefficient (Wildman–Crippen LogP) is 2.16. The maximum atomic E-state index is 11.5.